The van der Waals surface area contributed by atoms with Gasteiger partial charge in [0.25, 0.3) is 5.56 Å². The van der Waals surface area contributed by atoms with Gasteiger partial charge in [-0.05, 0) is 100 Å². The van der Waals surface area contributed by atoms with Gasteiger partial charge in [0.05, 0.1) is 36.7 Å². The zero-order valence-corrected chi connectivity index (χ0v) is 28.8. The highest BCUT2D eigenvalue weighted by atomic mass is 127. The highest BCUT2D eigenvalue weighted by Crippen LogP contribution is 2.38. The molecule has 1 aliphatic heterocycles. The summed E-state index contributed by atoms with van der Waals surface area (Å²) in [5, 5.41) is 0. The van der Waals surface area contributed by atoms with Gasteiger partial charge in [0.1, 0.15) is 24.1 Å². The Hall–Kier alpha value is -1.97. The number of hydrogen-bond donors (Lipinski definition) is 0. The van der Waals surface area contributed by atoms with Crippen molar-refractivity contribution in [1.29, 1.82) is 0 Å². The first-order chi connectivity index (χ1) is 19.2. The van der Waals surface area contributed by atoms with Crippen molar-refractivity contribution in [3.8, 4) is 11.5 Å². The van der Waals surface area contributed by atoms with E-state index < -0.39 is 12.0 Å². The van der Waals surface area contributed by atoms with Crippen molar-refractivity contribution >= 4 is 84.5 Å². The zero-order chi connectivity index (χ0) is 29.0. The second-order valence-electron chi connectivity index (χ2n) is 8.71. The number of nitrogens with zero attached hydrogens (tertiary/aromatic N) is 2. The summed E-state index contributed by atoms with van der Waals surface area (Å²) in [5.41, 5.74) is 2.26. The Morgan fingerprint density at radius 3 is 2.58 bits per heavy atom. The van der Waals surface area contributed by atoms with E-state index in [-0.39, 0.29) is 12.2 Å². The van der Waals surface area contributed by atoms with E-state index in [0.717, 1.165) is 29.3 Å². The Morgan fingerprint density at radius 1 is 1.23 bits per heavy atom. The SMILES string of the molecule is C=CCOc1c(I)cc(/C=c2/sc3n(c2=O)[C@@H](c2cc(Br)ccc2OC)C(C(=O)OCC)=C(CCC)N=3)cc1I. The Kier molecular flexibility index (Phi) is 10.7. The predicted octanol–water partition coefficient (Wildman–Crippen LogP) is 6.12. The summed E-state index contributed by atoms with van der Waals surface area (Å²) in [5.74, 6) is 0.849. The number of hydrogen-bond acceptors (Lipinski definition) is 7. The summed E-state index contributed by atoms with van der Waals surface area (Å²) < 4.78 is 21.7. The summed E-state index contributed by atoms with van der Waals surface area (Å²) in [6.45, 7) is 8.12. The molecule has 0 unspecified atom stereocenters. The maximum atomic E-state index is 14.1. The number of benzene rings is 2. The molecule has 7 nitrogen and oxygen atoms in total. The van der Waals surface area contributed by atoms with Crippen molar-refractivity contribution in [3.63, 3.8) is 0 Å². The van der Waals surface area contributed by atoms with Crippen LogP contribution in [0.1, 0.15) is 43.9 Å². The number of rotatable bonds is 10. The van der Waals surface area contributed by atoms with Gasteiger partial charge in [-0.1, -0.05) is 53.3 Å². The molecule has 11 heteroatoms. The van der Waals surface area contributed by atoms with Crippen molar-refractivity contribution in [1.82, 2.24) is 4.57 Å². The molecule has 3 aromatic rings. The Labute approximate surface area is 272 Å². The molecule has 210 valence electrons. The molecule has 40 heavy (non-hydrogen) atoms. The third-order valence-electron chi connectivity index (χ3n) is 6.04. The number of methoxy groups -OCH3 is 1. The number of thiazole rings is 1. The molecule has 0 bridgehead atoms. The average Bonchev–Trinajstić information content (AvgIpc) is 3.22. The molecule has 0 saturated heterocycles. The number of aromatic nitrogens is 1. The van der Waals surface area contributed by atoms with Crippen molar-refractivity contribution in [3.05, 3.63) is 96.7 Å². The fraction of sp³-hybridized carbons (Fsp3) is 0.276. The normalized spacial score (nSPS) is 14.9. The van der Waals surface area contributed by atoms with Crippen LogP contribution in [0.25, 0.3) is 6.08 Å². The first kappa shape index (κ1) is 31.0. The standard InChI is InChI=1S/C29H27BrI2N2O5S/c1-5-8-21-24(28(36)38-7-3)25(18-15-17(30)9-10-22(18)37-4)34-27(35)23(40-29(34)33-21)14-16-12-19(31)26(20(32)13-16)39-11-6-2/h6,9-10,12-15,25H,2,5,7-8,11H2,1,3-4H3/b23-14+/t25-/m0/s1. The first-order valence-corrected chi connectivity index (χ1v) is 16.3. The fourth-order valence-corrected chi connectivity index (χ4v) is 7.95. The lowest BCUT2D eigenvalue weighted by molar-refractivity contribution is -0.139. The lowest BCUT2D eigenvalue weighted by atomic mass is 9.93. The Balaban J connectivity index is 1.99. The summed E-state index contributed by atoms with van der Waals surface area (Å²) in [6, 6.07) is 8.74. The number of halogens is 3. The first-order valence-electron chi connectivity index (χ1n) is 12.5. The summed E-state index contributed by atoms with van der Waals surface area (Å²) in [7, 11) is 1.57. The molecular formula is C29H27BrI2N2O5S. The quantitative estimate of drug-likeness (QED) is 0.140. The van der Waals surface area contributed by atoms with E-state index in [9.17, 15) is 9.59 Å². The highest BCUT2D eigenvalue weighted by molar-refractivity contribution is 14.1. The second kappa shape index (κ2) is 13.8. The molecule has 1 aliphatic rings. The maximum absolute atomic E-state index is 14.1. The van der Waals surface area contributed by atoms with Crippen LogP contribution in [0.4, 0.5) is 0 Å². The van der Waals surface area contributed by atoms with Crippen LogP contribution in [-0.4, -0.2) is 30.9 Å². The number of ether oxygens (including phenoxy) is 3. The van der Waals surface area contributed by atoms with Crippen LogP contribution < -0.4 is 24.4 Å². The van der Waals surface area contributed by atoms with Gasteiger partial charge >= 0.3 is 5.97 Å². The minimum Gasteiger partial charge on any atom is -0.496 e. The van der Waals surface area contributed by atoms with Gasteiger partial charge in [-0.2, -0.15) is 0 Å². The molecule has 0 amide bonds. The molecular weight excluding hydrogens is 822 g/mol. The van der Waals surface area contributed by atoms with Crippen LogP contribution in [0.3, 0.4) is 0 Å². The van der Waals surface area contributed by atoms with Crippen molar-refractivity contribution in [2.75, 3.05) is 20.3 Å². The van der Waals surface area contributed by atoms with Gasteiger partial charge in [0.2, 0.25) is 0 Å². The van der Waals surface area contributed by atoms with Crippen LogP contribution in [0.15, 0.2) is 68.5 Å². The third kappa shape index (κ3) is 6.41. The molecule has 0 N–H and O–H groups in total. The monoisotopic (exact) mass is 848 g/mol. The zero-order valence-electron chi connectivity index (χ0n) is 22.1. The molecule has 4 rings (SSSR count). The van der Waals surface area contributed by atoms with Gasteiger partial charge in [-0.25, -0.2) is 9.79 Å². The minimum absolute atomic E-state index is 0.207. The van der Waals surface area contributed by atoms with E-state index in [0.29, 0.717) is 44.9 Å². The largest absolute Gasteiger partial charge is 0.496 e. The molecule has 1 atom stereocenters. The predicted molar refractivity (Wildman–Crippen MR) is 178 cm³/mol. The van der Waals surface area contributed by atoms with Crippen LogP contribution >= 0.6 is 72.4 Å². The molecule has 0 spiro atoms. The fourth-order valence-electron chi connectivity index (χ4n) is 4.43. The Morgan fingerprint density at radius 2 is 1.95 bits per heavy atom. The van der Waals surface area contributed by atoms with E-state index in [4.69, 9.17) is 19.2 Å². The molecule has 0 radical (unpaired) electrons. The summed E-state index contributed by atoms with van der Waals surface area (Å²) >= 11 is 9.31. The topological polar surface area (TPSA) is 79.1 Å². The second-order valence-corrected chi connectivity index (χ2v) is 13.0. The van der Waals surface area contributed by atoms with Crippen molar-refractivity contribution < 1.29 is 19.0 Å². The molecule has 2 aromatic carbocycles. The number of allylic oxidation sites excluding steroid dienone is 1. The number of esters is 1. The number of fused-ring (bicyclic) bond motifs is 1. The van der Waals surface area contributed by atoms with Crippen LogP contribution in [0.2, 0.25) is 0 Å². The number of carbonyl (C=O) groups is 1. The third-order valence-corrected chi connectivity index (χ3v) is 9.12. The molecule has 0 saturated carbocycles. The van der Waals surface area contributed by atoms with Gasteiger partial charge in [0.15, 0.2) is 4.80 Å². The summed E-state index contributed by atoms with van der Waals surface area (Å²) in [4.78, 5) is 32.8. The maximum Gasteiger partial charge on any atom is 0.338 e. The van der Waals surface area contributed by atoms with Crippen LogP contribution in [0, 0.1) is 7.14 Å². The van der Waals surface area contributed by atoms with Gasteiger partial charge < -0.3 is 14.2 Å². The number of carbonyl (C=O) groups excluding carboxylic acids is 1. The molecule has 1 aromatic heterocycles. The van der Waals surface area contributed by atoms with Crippen molar-refractivity contribution in [2.24, 2.45) is 4.99 Å². The van der Waals surface area contributed by atoms with E-state index in [1.54, 1.807) is 24.7 Å². The van der Waals surface area contributed by atoms with E-state index in [2.05, 4.69) is 67.7 Å². The Bertz CT molecular complexity index is 1660. The summed E-state index contributed by atoms with van der Waals surface area (Å²) in [6.07, 6.45) is 4.90. The smallest absolute Gasteiger partial charge is 0.338 e. The van der Waals surface area contributed by atoms with E-state index >= 15 is 0 Å². The lowest BCUT2D eigenvalue weighted by Gasteiger charge is -2.27. The van der Waals surface area contributed by atoms with Gasteiger partial charge in [-0.15, -0.1) is 0 Å². The van der Waals surface area contributed by atoms with Crippen molar-refractivity contribution in [2.45, 2.75) is 32.7 Å². The molecule has 2 heterocycles. The minimum atomic E-state index is -0.763. The average molecular weight is 849 g/mol. The van der Waals surface area contributed by atoms with E-state index in [1.807, 2.05) is 43.3 Å². The van der Waals surface area contributed by atoms with E-state index in [1.165, 1.54) is 11.3 Å². The van der Waals surface area contributed by atoms with Crippen LogP contribution in [-0.2, 0) is 9.53 Å². The molecule has 0 fully saturated rings. The van der Waals surface area contributed by atoms with Gasteiger partial charge in [0, 0.05) is 10.0 Å². The van der Waals surface area contributed by atoms with Gasteiger partial charge in [-0.3, -0.25) is 9.36 Å². The van der Waals surface area contributed by atoms with Crippen LogP contribution in [0.5, 0.6) is 11.5 Å². The molecule has 0 aliphatic carbocycles. The lowest BCUT2D eigenvalue weighted by Crippen LogP contribution is -2.40. The highest BCUT2D eigenvalue weighted by Gasteiger charge is 2.36.